The van der Waals surface area contributed by atoms with Gasteiger partial charge in [0.1, 0.15) is 0 Å². The van der Waals surface area contributed by atoms with Gasteiger partial charge in [-0.2, -0.15) is 5.10 Å². The van der Waals surface area contributed by atoms with E-state index in [1.54, 1.807) is 41.2 Å². The number of halogens is 1. The second-order valence-corrected chi connectivity index (χ2v) is 6.35. The minimum absolute atomic E-state index is 0. The number of anilines is 1. The van der Waals surface area contributed by atoms with Crippen molar-refractivity contribution in [2.45, 2.75) is 5.92 Å². The normalized spacial score (nSPS) is 18.4. The standard InChI is InChI=1S/C19H23N5O2.ClH/c1-3-8-21-18(25)14-6-4-5-7-17(14)23-19(26)16-11-20-10-15(16)13-9-22-24(2)12-13;/h3-7,9,12,15-16,20H,1,8,10-11H2,2H3,(H,21,25)(H,23,26);1H/t15-,16+;/m1./s1. The number of amides is 2. The van der Waals surface area contributed by atoms with Gasteiger partial charge in [-0.25, -0.2) is 0 Å². The van der Waals surface area contributed by atoms with Crippen molar-refractivity contribution in [1.29, 1.82) is 0 Å². The Morgan fingerprint density at radius 1 is 1.37 bits per heavy atom. The topological polar surface area (TPSA) is 88.1 Å². The number of aromatic nitrogens is 2. The second-order valence-electron chi connectivity index (χ2n) is 6.35. The third kappa shape index (κ3) is 4.75. The number of benzene rings is 1. The van der Waals surface area contributed by atoms with E-state index in [9.17, 15) is 9.59 Å². The average molecular weight is 390 g/mol. The fourth-order valence-electron chi connectivity index (χ4n) is 3.21. The van der Waals surface area contributed by atoms with Crippen molar-refractivity contribution in [3.8, 4) is 0 Å². The maximum atomic E-state index is 12.9. The van der Waals surface area contributed by atoms with Gasteiger partial charge in [0.05, 0.1) is 23.4 Å². The first-order valence-electron chi connectivity index (χ1n) is 8.58. The van der Waals surface area contributed by atoms with Gasteiger partial charge in [0.25, 0.3) is 5.91 Å². The number of carbonyl (C=O) groups excluding carboxylic acids is 2. The number of nitrogens with zero attached hydrogens (tertiary/aromatic N) is 2. The third-order valence-corrected chi connectivity index (χ3v) is 4.54. The van der Waals surface area contributed by atoms with Crippen molar-refractivity contribution in [2.75, 3.05) is 25.0 Å². The van der Waals surface area contributed by atoms with Gasteiger partial charge in [0.2, 0.25) is 5.91 Å². The highest BCUT2D eigenvalue weighted by molar-refractivity contribution is 6.04. The summed E-state index contributed by atoms with van der Waals surface area (Å²) in [4.78, 5) is 25.2. The molecular formula is C19H24ClN5O2. The highest BCUT2D eigenvalue weighted by Gasteiger charge is 2.35. The van der Waals surface area contributed by atoms with E-state index in [4.69, 9.17) is 0 Å². The van der Waals surface area contributed by atoms with E-state index < -0.39 is 0 Å². The molecule has 2 amide bonds. The van der Waals surface area contributed by atoms with Crippen LogP contribution in [0.3, 0.4) is 0 Å². The molecule has 2 heterocycles. The van der Waals surface area contributed by atoms with E-state index >= 15 is 0 Å². The molecule has 1 fully saturated rings. The summed E-state index contributed by atoms with van der Waals surface area (Å²) in [5.74, 6) is -0.504. The smallest absolute Gasteiger partial charge is 0.253 e. The van der Waals surface area contributed by atoms with Crippen molar-refractivity contribution in [1.82, 2.24) is 20.4 Å². The zero-order valence-electron chi connectivity index (χ0n) is 15.1. The van der Waals surface area contributed by atoms with Crippen LogP contribution in [-0.4, -0.2) is 41.2 Å². The van der Waals surface area contributed by atoms with Gasteiger partial charge in [0, 0.05) is 38.8 Å². The Kier molecular flexibility index (Phi) is 7.15. The molecule has 0 saturated carbocycles. The summed E-state index contributed by atoms with van der Waals surface area (Å²) in [5.41, 5.74) is 1.98. The van der Waals surface area contributed by atoms with Crippen LogP contribution in [0.15, 0.2) is 49.3 Å². The number of rotatable bonds is 6. The molecule has 3 rings (SSSR count). The van der Waals surface area contributed by atoms with E-state index in [0.29, 0.717) is 24.3 Å². The monoisotopic (exact) mass is 389 g/mol. The minimum Gasteiger partial charge on any atom is -0.349 e. The molecule has 1 aliphatic heterocycles. The van der Waals surface area contributed by atoms with Gasteiger partial charge in [0.15, 0.2) is 0 Å². The van der Waals surface area contributed by atoms with Gasteiger partial charge in [-0.15, -0.1) is 19.0 Å². The minimum atomic E-state index is -0.242. The van der Waals surface area contributed by atoms with E-state index in [1.807, 2.05) is 13.2 Å². The van der Waals surface area contributed by atoms with Crippen molar-refractivity contribution in [3.63, 3.8) is 0 Å². The summed E-state index contributed by atoms with van der Waals surface area (Å²) in [6.45, 7) is 5.28. The molecule has 27 heavy (non-hydrogen) atoms. The first kappa shape index (κ1) is 20.7. The summed E-state index contributed by atoms with van der Waals surface area (Å²) in [6, 6.07) is 7.00. The van der Waals surface area contributed by atoms with Crippen molar-refractivity contribution >= 4 is 29.9 Å². The number of hydrogen-bond acceptors (Lipinski definition) is 4. The molecule has 0 bridgehead atoms. The summed E-state index contributed by atoms with van der Waals surface area (Å²) >= 11 is 0. The van der Waals surface area contributed by atoms with E-state index in [2.05, 4.69) is 27.6 Å². The summed E-state index contributed by atoms with van der Waals surface area (Å²) in [5, 5.41) is 13.1. The Balaban J connectivity index is 0.00000261. The maximum absolute atomic E-state index is 12.9. The zero-order chi connectivity index (χ0) is 18.5. The Labute approximate surface area is 164 Å². The first-order valence-corrected chi connectivity index (χ1v) is 8.58. The number of carbonyl (C=O) groups is 2. The SMILES string of the molecule is C=CCNC(=O)c1ccccc1NC(=O)[C@H]1CNC[C@@H]1c1cnn(C)c1.Cl. The Morgan fingerprint density at radius 2 is 2.15 bits per heavy atom. The molecule has 3 N–H and O–H groups in total. The lowest BCUT2D eigenvalue weighted by molar-refractivity contribution is -0.119. The summed E-state index contributed by atoms with van der Waals surface area (Å²) in [7, 11) is 1.86. The van der Waals surface area contributed by atoms with Gasteiger partial charge < -0.3 is 16.0 Å². The molecule has 7 nitrogen and oxygen atoms in total. The Bertz CT molecular complexity index is 820. The molecule has 0 spiro atoms. The van der Waals surface area contributed by atoms with Crippen molar-refractivity contribution < 1.29 is 9.59 Å². The predicted octanol–water partition coefficient (Wildman–Crippen LogP) is 1.70. The lowest BCUT2D eigenvalue weighted by Crippen LogP contribution is -2.30. The van der Waals surface area contributed by atoms with Crippen LogP contribution in [0.25, 0.3) is 0 Å². The largest absolute Gasteiger partial charge is 0.349 e. The maximum Gasteiger partial charge on any atom is 0.253 e. The van der Waals surface area contributed by atoms with E-state index in [1.165, 1.54) is 0 Å². The van der Waals surface area contributed by atoms with Gasteiger partial charge in [-0.3, -0.25) is 14.3 Å². The molecular weight excluding hydrogens is 366 g/mol. The van der Waals surface area contributed by atoms with Crippen LogP contribution in [0, 0.1) is 5.92 Å². The summed E-state index contributed by atoms with van der Waals surface area (Å²) < 4.78 is 1.74. The van der Waals surface area contributed by atoms with Crippen LogP contribution >= 0.6 is 12.4 Å². The molecule has 2 atom stereocenters. The Morgan fingerprint density at radius 3 is 2.85 bits per heavy atom. The van der Waals surface area contributed by atoms with Crippen LogP contribution in [0.1, 0.15) is 21.8 Å². The van der Waals surface area contributed by atoms with Crippen LogP contribution in [0.4, 0.5) is 5.69 Å². The number of para-hydroxylation sites is 1. The summed E-state index contributed by atoms with van der Waals surface area (Å²) in [6.07, 6.45) is 5.35. The van der Waals surface area contributed by atoms with Crippen molar-refractivity contribution in [3.05, 3.63) is 60.4 Å². The first-order chi connectivity index (χ1) is 12.6. The Hall–Kier alpha value is -2.64. The van der Waals surface area contributed by atoms with E-state index in [0.717, 1.165) is 12.1 Å². The van der Waals surface area contributed by atoms with E-state index in [-0.39, 0.29) is 36.1 Å². The van der Waals surface area contributed by atoms with Crippen molar-refractivity contribution in [2.24, 2.45) is 13.0 Å². The highest BCUT2D eigenvalue weighted by atomic mass is 35.5. The van der Waals surface area contributed by atoms with Gasteiger partial charge >= 0.3 is 0 Å². The van der Waals surface area contributed by atoms with Gasteiger partial charge in [-0.1, -0.05) is 18.2 Å². The second kappa shape index (κ2) is 9.34. The molecule has 8 heteroatoms. The predicted molar refractivity (Wildman–Crippen MR) is 107 cm³/mol. The van der Waals surface area contributed by atoms with Crippen LogP contribution < -0.4 is 16.0 Å². The number of nitrogens with one attached hydrogen (secondary N) is 3. The third-order valence-electron chi connectivity index (χ3n) is 4.54. The lowest BCUT2D eigenvalue weighted by atomic mass is 9.90. The average Bonchev–Trinajstić information content (AvgIpc) is 3.28. The fourth-order valence-corrected chi connectivity index (χ4v) is 3.21. The molecule has 144 valence electrons. The number of aryl methyl sites for hydroxylation is 1. The van der Waals surface area contributed by atoms with Crippen LogP contribution in [0.2, 0.25) is 0 Å². The zero-order valence-corrected chi connectivity index (χ0v) is 16.0. The van der Waals surface area contributed by atoms with Crippen LogP contribution in [0.5, 0.6) is 0 Å². The quantitative estimate of drug-likeness (QED) is 0.656. The number of hydrogen-bond donors (Lipinski definition) is 3. The highest BCUT2D eigenvalue weighted by Crippen LogP contribution is 2.29. The fraction of sp³-hybridized carbons (Fsp3) is 0.316. The molecule has 1 aromatic heterocycles. The van der Waals surface area contributed by atoms with Gasteiger partial charge in [-0.05, 0) is 17.7 Å². The molecule has 1 saturated heterocycles. The molecule has 0 radical (unpaired) electrons. The lowest BCUT2D eigenvalue weighted by Gasteiger charge is -2.18. The molecule has 1 aromatic carbocycles. The molecule has 0 aliphatic carbocycles. The van der Waals surface area contributed by atoms with Crippen LogP contribution in [-0.2, 0) is 11.8 Å². The molecule has 1 aliphatic rings. The molecule has 2 aromatic rings. The molecule has 0 unspecified atom stereocenters.